The average molecular weight is 602 g/mol. The van der Waals surface area contributed by atoms with Gasteiger partial charge in [0, 0.05) is 10.0 Å². The van der Waals surface area contributed by atoms with Crippen LogP contribution in [-0.2, 0) is 9.53 Å². The van der Waals surface area contributed by atoms with Gasteiger partial charge in [-0.25, -0.2) is 9.79 Å². The van der Waals surface area contributed by atoms with Gasteiger partial charge in [-0.3, -0.25) is 9.36 Å². The molecule has 0 saturated heterocycles. The molecule has 0 spiro atoms. The van der Waals surface area contributed by atoms with Crippen LogP contribution >= 0.6 is 27.3 Å². The van der Waals surface area contributed by atoms with Crippen LogP contribution in [0.15, 0.2) is 61.9 Å². The molecule has 0 radical (unpaired) electrons. The van der Waals surface area contributed by atoms with E-state index in [-0.39, 0.29) is 12.2 Å². The van der Waals surface area contributed by atoms with E-state index >= 15 is 0 Å². The minimum Gasteiger partial charge on any atom is -0.494 e. The highest BCUT2D eigenvalue weighted by Gasteiger charge is 2.33. The molecule has 200 valence electrons. The molecule has 0 fully saturated rings. The summed E-state index contributed by atoms with van der Waals surface area (Å²) in [6, 6.07) is 10.3. The Hall–Kier alpha value is -3.37. The van der Waals surface area contributed by atoms with Crippen LogP contribution in [0.25, 0.3) is 6.08 Å². The summed E-state index contributed by atoms with van der Waals surface area (Å²) in [7, 11) is 1.57. The molecule has 0 N–H and O–H groups in total. The number of methoxy groups -OCH3 is 1. The van der Waals surface area contributed by atoms with Gasteiger partial charge in [-0.2, -0.15) is 0 Å². The molecule has 1 aromatic heterocycles. The Morgan fingerprint density at radius 2 is 1.82 bits per heavy atom. The molecular formula is C28H29BrN2O6S. The average Bonchev–Trinajstić information content (AvgIpc) is 3.19. The standard InChI is InChI=1S/C28H29BrN2O6S/c1-6-35-20-11-9-17(10-12-20)24-23(27(33)37-8-3)16(4)30-28-31(24)26(32)22(38-28)14-18-13-19(29)15-21(34-5)25(18)36-7-2/h9-15,24H,6-8H2,1-5H3/b22-14-/t24-/m1/s1. The van der Waals surface area contributed by atoms with Gasteiger partial charge in [0.05, 0.1) is 48.8 Å². The molecule has 0 unspecified atom stereocenters. The Balaban J connectivity index is 1.95. The van der Waals surface area contributed by atoms with Crippen LogP contribution in [0.1, 0.15) is 44.9 Å². The SMILES string of the molecule is CCOC(=O)C1=C(C)N=c2s/c(=C\c3cc(Br)cc(OC)c3OCC)c(=O)n2[C@@H]1c1ccc(OCC)cc1. The summed E-state index contributed by atoms with van der Waals surface area (Å²) < 4.78 is 25.1. The lowest BCUT2D eigenvalue weighted by molar-refractivity contribution is -0.139. The number of halogens is 1. The number of aromatic nitrogens is 1. The molecule has 4 rings (SSSR count). The van der Waals surface area contributed by atoms with Crippen molar-refractivity contribution in [1.29, 1.82) is 0 Å². The van der Waals surface area contributed by atoms with Gasteiger partial charge in [0.1, 0.15) is 5.75 Å². The van der Waals surface area contributed by atoms with Crippen LogP contribution in [0.5, 0.6) is 17.2 Å². The van der Waals surface area contributed by atoms with Crippen molar-refractivity contribution in [1.82, 2.24) is 4.57 Å². The van der Waals surface area contributed by atoms with Gasteiger partial charge >= 0.3 is 5.97 Å². The van der Waals surface area contributed by atoms with E-state index in [0.717, 1.165) is 10.0 Å². The molecule has 2 aromatic carbocycles. The van der Waals surface area contributed by atoms with E-state index in [9.17, 15) is 9.59 Å². The van der Waals surface area contributed by atoms with Crippen molar-refractivity contribution in [2.24, 2.45) is 4.99 Å². The van der Waals surface area contributed by atoms with Crippen LogP contribution in [0.3, 0.4) is 0 Å². The van der Waals surface area contributed by atoms with Crippen molar-refractivity contribution in [3.8, 4) is 17.2 Å². The number of esters is 1. The quantitative estimate of drug-likeness (QED) is 0.339. The first kappa shape index (κ1) is 27.7. The second kappa shape index (κ2) is 12.0. The fraction of sp³-hybridized carbons (Fsp3) is 0.321. The number of thiazole rings is 1. The van der Waals surface area contributed by atoms with E-state index in [2.05, 4.69) is 20.9 Å². The summed E-state index contributed by atoms with van der Waals surface area (Å²) in [6.45, 7) is 8.48. The minimum atomic E-state index is -0.702. The topological polar surface area (TPSA) is 88.4 Å². The number of allylic oxidation sites excluding steroid dienone is 1. The zero-order valence-corrected chi connectivity index (χ0v) is 24.3. The number of ether oxygens (including phenoxy) is 4. The third-order valence-electron chi connectivity index (χ3n) is 5.87. The summed E-state index contributed by atoms with van der Waals surface area (Å²) in [5, 5.41) is 0. The lowest BCUT2D eigenvalue weighted by Gasteiger charge is -2.24. The molecule has 3 aromatic rings. The van der Waals surface area contributed by atoms with E-state index < -0.39 is 12.0 Å². The summed E-state index contributed by atoms with van der Waals surface area (Å²) in [6.07, 6.45) is 1.76. The van der Waals surface area contributed by atoms with Crippen LogP contribution in [-0.4, -0.2) is 37.5 Å². The summed E-state index contributed by atoms with van der Waals surface area (Å²) in [5.74, 6) is 1.29. The molecule has 0 amide bonds. The first-order valence-electron chi connectivity index (χ1n) is 12.3. The van der Waals surface area contributed by atoms with Gasteiger partial charge in [0.25, 0.3) is 5.56 Å². The molecule has 1 aliphatic rings. The van der Waals surface area contributed by atoms with E-state index in [1.54, 1.807) is 31.6 Å². The zero-order valence-electron chi connectivity index (χ0n) is 21.9. The number of carbonyl (C=O) groups is 1. The second-order valence-electron chi connectivity index (χ2n) is 8.26. The van der Waals surface area contributed by atoms with Crippen molar-refractivity contribution in [2.75, 3.05) is 26.9 Å². The highest BCUT2D eigenvalue weighted by atomic mass is 79.9. The fourth-order valence-corrected chi connectivity index (χ4v) is 5.80. The van der Waals surface area contributed by atoms with Crippen LogP contribution < -0.4 is 29.1 Å². The predicted molar refractivity (Wildman–Crippen MR) is 150 cm³/mol. The summed E-state index contributed by atoms with van der Waals surface area (Å²) in [4.78, 5) is 32.1. The van der Waals surface area contributed by atoms with E-state index in [0.29, 0.717) is 56.6 Å². The van der Waals surface area contributed by atoms with Crippen molar-refractivity contribution >= 4 is 39.3 Å². The van der Waals surface area contributed by atoms with Gasteiger partial charge in [-0.15, -0.1) is 0 Å². The van der Waals surface area contributed by atoms with E-state index in [1.807, 2.05) is 50.2 Å². The lowest BCUT2D eigenvalue weighted by atomic mass is 9.96. The smallest absolute Gasteiger partial charge is 0.338 e. The summed E-state index contributed by atoms with van der Waals surface area (Å²) >= 11 is 4.76. The monoisotopic (exact) mass is 600 g/mol. The third-order valence-corrected chi connectivity index (χ3v) is 7.31. The van der Waals surface area contributed by atoms with Crippen molar-refractivity contribution < 1.29 is 23.7 Å². The Bertz CT molecular complexity index is 1560. The molecule has 0 saturated carbocycles. The Kier molecular flexibility index (Phi) is 8.73. The number of fused-ring (bicyclic) bond motifs is 1. The molecule has 38 heavy (non-hydrogen) atoms. The minimum absolute atomic E-state index is 0.209. The Labute approximate surface area is 233 Å². The van der Waals surface area contributed by atoms with Crippen molar-refractivity contribution in [3.05, 3.63) is 83.0 Å². The third kappa shape index (κ3) is 5.42. The maximum atomic E-state index is 13.9. The number of rotatable bonds is 9. The highest BCUT2D eigenvalue weighted by Crippen LogP contribution is 2.36. The van der Waals surface area contributed by atoms with Gasteiger partial charge in [-0.05, 0) is 63.6 Å². The molecule has 10 heteroatoms. The molecule has 0 bridgehead atoms. The number of hydrogen-bond donors (Lipinski definition) is 0. The van der Waals surface area contributed by atoms with E-state index in [4.69, 9.17) is 18.9 Å². The second-order valence-corrected chi connectivity index (χ2v) is 10.2. The Morgan fingerprint density at radius 3 is 2.45 bits per heavy atom. The molecule has 1 aliphatic heterocycles. The summed E-state index contributed by atoms with van der Waals surface area (Å²) in [5.41, 5.74) is 1.99. The highest BCUT2D eigenvalue weighted by molar-refractivity contribution is 9.10. The van der Waals surface area contributed by atoms with Crippen molar-refractivity contribution in [2.45, 2.75) is 33.7 Å². The fourth-order valence-electron chi connectivity index (χ4n) is 4.31. The molecular weight excluding hydrogens is 572 g/mol. The lowest BCUT2D eigenvalue weighted by Crippen LogP contribution is -2.39. The zero-order chi connectivity index (χ0) is 27.4. The van der Waals surface area contributed by atoms with Crippen molar-refractivity contribution in [3.63, 3.8) is 0 Å². The van der Waals surface area contributed by atoms with Crippen LogP contribution in [0.2, 0.25) is 0 Å². The van der Waals surface area contributed by atoms with E-state index in [1.165, 1.54) is 11.3 Å². The number of hydrogen-bond acceptors (Lipinski definition) is 8. The van der Waals surface area contributed by atoms with Gasteiger partial charge < -0.3 is 18.9 Å². The van der Waals surface area contributed by atoms with Crippen LogP contribution in [0.4, 0.5) is 0 Å². The van der Waals surface area contributed by atoms with Gasteiger partial charge in [-0.1, -0.05) is 39.4 Å². The Morgan fingerprint density at radius 1 is 1.11 bits per heavy atom. The number of nitrogens with zero attached hydrogens (tertiary/aromatic N) is 2. The van der Waals surface area contributed by atoms with Gasteiger partial charge in [0.2, 0.25) is 0 Å². The first-order valence-corrected chi connectivity index (χ1v) is 13.9. The molecule has 0 aliphatic carbocycles. The van der Waals surface area contributed by atoms with Gasteiger partial charge in [0.15, 0.2) is 16.3 Å². The largest absolute Gasteiger partial charge is 0.494 e. The first-order chi connectivity index (χ1) is 18.3. The molecule has 8 nitrogen and oxygen atoms in total. The normalized spacial score (nSPS) is 15.1. The molecule has 1 atom stereocenters. The molecule has 2 heterocycles. The number of carbonyl (C=O) groups excluding carboxylic acids is 1. The maximum absolute atomic E-state index is 13.9. The predicted octanol–water partition coefficient (Wildman–Crippen LogP) is 4.37. The number of benzene rings is 2. The van der Waals surface area contributed by atoms with Crippen LogP contribution in [0, 0.1) is 0 Å². The maximum Gasteiger partial charge on any atom is 0.338 e.